The van der Waals surface area contributed by atoms with E-state index < -0.39 is 0 Å². The van der Waals surface area contributed by atoms with E-state index in [1.165, 1.54) is 10.4 Å². The Bertz CT molecular complexity index is 639. The van der Waals surface area contributed by atoms with Crippen LogP contribution in [0.5, 0.6) is 5.75 Å². The van der Waals surface area contributed by atoms with Crippen molar-refractivity contribution in [2.24, 2.45) is 4.99 Å². The van der Waals surface area contributed by atoms with E-state index in [1.54, 1.807) is 18.4 Å². The maximum absolute atomic E-state index is 5.38. The number of thiazole rings is 1. The van der Waals surface area contributed by atoms with E-state index in [0.29, 0.717) is 6.54 Å². The summed E-state index contributed by atoms with van der Waals surface area (Å²) in [5.41, 5.74) is 1.19. The molecular formula is C17H24N4OS. The number of guanidine groups is 1. The predicted molar refractivity (Wildman–Crippen MR) is 96.4 cm³/mol. The molecule has 0 unspecified atom stereocenters. The zero-order chi connectivity index (χ0) is 16.5. The number of nitrogens with one attached hydrogen (secondary N) is 2. The van der Waals surface area contributed by atoms with Gasteiger partial charge in [0.1, 0.15) is 5.75 Å². The van der Waals surface area contributed by atoms with Crippen molar-refractivity contribution in [3.8, 4) is 5.75 Å². The fraction of sp³-hybridized carbons (Fsp3) is 0.412. The molecule has 0 radical (unpaired) electrons. The molecule has 0 bridgehead atoms. The molecule has 124 valence electrons. The molecule has 0 amide bonds. The SMILES string of the molecule is CCNC(=NCc1cnc(C)s1)NCCc1ccccc1OC. The number of ether oxygens (including phenoxy) is 1. The van der Waals surface area contributed by atoms with Gasteiger partial charge in [0.05, 0.1) is 18.7 Å². The van der Waals surface area contributed by atoms with Gasteiger partial charge in [0.2, 0.25) is 0 Å². The standard InChI is InChI=1S/C17H24N4OS/c1-4-18-17(21-12-15-11-20-13(2)23-15)19-10-9-14-7-5-6-8-16(14)22-3/h5-8,11H,4,9-10,12H2,1-3H3,(H2,18,19,21). The Morgan fingerprint density at radius 2 is 2.13 bits per heavy atom. The molecule has 23 heavy (non-hydrogen) atoms. The smallest absolute Gasteiger partial charge is 0.191 e. The highest BCUT2D eigenvalue weighted by molar-refractivity contribution is 7.11. The molecule has 0 saturated heterocycles. The van der Waals surface area contributed by atoms with Crippen LogP contribution in [0.1, 0.15) is 22.4 Å². The van der Waals surface area contributed by atoms with Crippen molar-refractivity contribution in [3.05, 3.63) is 45.9 Å². The number of hydrogen-bond donors (Lipinski definition) is 2. The van der Waals surface area contributed by atoms with Gasteiger partial charge in [-0.25, -0.2) is 9.98 Å². The monoisotopic (exact) mass is 332 g/mol. The van der Waals surface area contributed by atoms with Crippen molar-refractivity contribution in [1.82, 2.24) is 15.6 Å². The van der Waals surface area contributed by atoms with Crippen LogP contribution in [0, 0.1) is 6.92 Å². The normalized spacial score (nSPS) is 11.3. The summed E-state index contributed by atoms with van der Waals surface area (Å²) in [5.74, 6) is 1.75. The lowest BCUT2D eigenvalue weighted by Gasteiger charge is -2.12. The second-order valence-corrected chi connectivity index (χ2v) is 6.35. The van der Waals surface area contributed by atoms with Crippen LogP contribution in [0.3, 0.4) is 0 Å². The van der Waals surface area contributed by atoms with Crippen LogP contribution in [-0.4, -0.2) is 31.1 Å². The fourth-order valence-electron chi connectivity index (χ4n) is 2.20. The van der Waals surface area contributed by atoms with Crippen LogP contribution in [0.2, 0.25) is 0 Å². The zero-order valence-electron chi connectivity index (χ0n) is 13.9. The number of aliphatic imine (C=N–C) groups is 1. The second-order valence-electron chi connectivity index (χ2n) is 5.03. The van der Waals surface area contributed by atoms with Gasteiger partial charge < -0.3 is 15.4 Å². The summed E-state index contributed by atoms with van der Waals surface area (Å²) in [6.07, 6.45) is 2.77. The fourth-order valence-corrected chi connectivity index (χ4v) is 2.92. The Morgan fingerprint density at radius 1 is 1.30 bits per heavy atom. The van der Waals surface area contributed by atoms with Crippen LogP contribution in [0.4, 0.5) is 0 Å². The first-order valence-corrected chi connectivity index (χ1v) is 8.60. The van der Waals surface area contributed by atoms with Crippen LogP contribution < -0.4 is 15.4 Å². The quantitative estimate of drug-likeness (QED) is 0.605. The number of hydrogen-bond acceptors (Lipinski definition) is 4. The lowest BCUT2D eigenvalue weighted by atomic mass is 10.1. The number of aryl methyl sites for hydroxylation is 1. The molecule has 0 fully saturated rings. The summed E-state index contributed by atoms with van der Waals surface area (Å²) in [6.45, 7) is 6.36. The average Bonchev–Trinajstić information content (AvgIpc) is 2.98. The summed E-state index contributed by atoms with van der Waals surface area (Å²) in [6, 6.07) is 8.09. The predicted octanol–water partition coefficient (Wildman–Crippen LogP) is 2.76. The van der Waals surface area contributed by atoms with Gasteiger partial charge in [0, 0.05) is 24.2 Å². The van der Waals surface area contributed by atoms with Crippen LogP contribution in [-0.2, 0) is 13.0 Å². The van der Waals surface area contributed by atoms with E-state index in [9.17, 15) is 0 Å². The third kappa shape index (κ3) is 5.56. The molecule has 1 heterocycles. The molecular weight excluding hydrogens is 308 g/mol. The van der Waals surface area contributed by atoms with Crippen molar-refractivity contribution in [1.29, 1.82) is 0 Å². The Morgan fingerprint density at radius 3 is 2.83 bits per heavy atom. The van der Waals surface area contributed by atoms with Crippen LogP contribution in [0.15, 0.2) is 35.5 Å². The van der Waals surface area contributed by atoms with E-state index in [-0.39, 0.29) is 0 Å². The molecule has 0 saturated carbocycles. The van der Waals surface area contributed by atoms with Crippen LogP contribution in [0.25, 0.3) is 0 Å². The minimum Gasteiger partial charge on any atom is -0.496 e. The van der Waals surface area contributed by atoms with Crippen molar-refractivity contribution in [2.75, 3.05) is 20.2 Å². The summed E-state index contributed by atoms with van der Waals surface area (Å²) >= 11 is 1.68. The lowest BCUT2D eigenvalue weighted by Crippen LogP contribution is -2.38. The highest BCUT2D eigenvalue weighted by Crippen LogP contribution is 2.17. The highest BCUT2D eigenvalue weighted by atomic mass is 32.1. The van der Waals surface area contributed by atoms with Crippen molar-refractivity contribution >= 4 is 17.3 Å². The number of benzene rings is 1. The van der Waals surface area contributed by atoms with Crippen molar-refractivity contribution in [3.63, 3.8) is 0 Å². The van der Waals surface area contributed by atoms with Crippen LogP contribution >= 0.6 is 11.3 Å². The van der Waals surface area contributed by atoms with Gasteiger partial charge in [-0.1, -0.05) is 18.2 Å². The Labute approximate surface area is 141 Å². The molecule has 0 atom stereocenters. The molecule has 0 spiro atoms. The number of nitrogens with zero attached hydrogens (tertiary/aromatic N) is 2. The summed E-state index contributed by atoms with van der Waals surface area (Å²) < 4.78 is 5.38. The molecule has 2 N–H and O–H groups in total. The van der Waals surface area contributed by atoms with Crippen molar-refractivity contribution in [2.45, 2.75) is 26.8 Å². The first-order valence-electron chi connectivity index (χ1n) is 7.78. The van der Waals surface area contributed by atoms with E-state index in [0.717, 1.165) is 36.2 Å². The van der Waals surface area contributed by atoms with Gasteiger partial charge in [-0.05, 0) is 31.9 Å². The minimum absolute atomic E-state index is 0.648. The van der Waals surface area contributed by atoms with E-state index in [1.807, 2.05) is 31.3 Å². The molecule has 0 aliphatic carbocycles. The minimum atomic E-state index is 0.648. The maximum Gasteiger partial charge on any atom is 0.191 e. The van der Waals surface area contributed by atoms with E-state index in [4.69, 9.17) is 4.74 Å². The Balaban J connectivity index is 1.89. The summed E-state index contributed by atoms with van der Waals surface area (Å²) in [7, 11) is 1.70. The van der Waals surface area contributed by atoms with Gasteiger partial charge in [-0.3, -0.25) is 0 Å². The summed E-state index contributed by atoms with van der Waals surface area (Å²) in [4.78, 5) is 10.0. The molecule has 0 aliphatic rings. The van der Waals surface area contributed by atoms with Gasteiger partial charge in [-0.15, -0.1) is 11.3 Å². The molecule has 2 rings (SSSR count). The number of aromatic nitrogens is 1. The van der Waals surface area contributed by atoms with E-state index >= 15 is 0 Å². The topological polar surface area (TPSA) is 58.5 Å². The van der Waals surface area contributed by atoms with Gasteiger partial charge in [0.15, 0.2) is 5.96 Å². The van der Waals surface area contributed by atoms with Gasteiger partial charge in [-0.2, -0.15) is 0 Å². The third-order valence-corrected chi connectivity index (χ3v) is 4.18. The number of rotatable bonds is 7. The average molecular weight is 332 g/mol. The first-order chi connectivity index (χ1) is 11.2. The summed E-state index contributed by atoms with van der Waals surface area (Å²) in [5, 5.41) is 7.70. The molecule has 0 aliphatic heterocycles. The second kappa shape index (κ2) is 9.15. The largest absolute Gasteiger partial charge is 0.496 e. The Hall–Kier alpha value is -2.08. The molecule has 1 aromatic carbocycles. The highest BCUT2D eigenvalue weighted by Gasteiger charge is 2.03. The zero-order valence-corrected chi connectivity index (χ0v) is 14.7. The van der Waals surface area contributed by atoms with E-state index in [2.05, 4.69) is 33.6 Å². The molecule has 2 aromatic rings. The first kappa shape index (κ1) is 17.3. The number of methoxy groups -OCH3 is 1. The molecule has 1 aromatic heterocycles. The molecule has 6 heteroatoms. The maximum atomic E-state index is 5.38. The van der Waals surface area contributed by atoms with Crippen molar-refractivity contribution < 1.29 is 4.74 Å². The Kier molecular flexibility index (Phi) is 6.87. The third-order valence-electron chi connectivity index (χ3n) is 3.29. The molecule has 5 nitrogen and oxygen atoms in total. The van der Waals surface area contributed by atoms with Gasteiger partial charge >= 0.3 is 0 Å². The van der Waals surface area contributed by atoms with Gasteiger partial charge in [0.25, 0.3) is 0 Å². The lowest BCUT2D eigenvalue weighted by molar-refractivity contribution is 0.409. The number of para-hydroxylation sites is 1.